The predicted octanol–water partition coefficient (Wildman–Crippen LogP) is 4.46. The molecule has 2 aromatic carbocycles. The van der Waals surface area contributed by atoms with E-state index in [1.807, 2.05) is 30.1 Å². The Morgan fingerprint density at radius 3 is 2.74 bits per heavy atom. The number of carbonyl (C=O) groups excluding carboxylic acids is 1. The van der Waals surface area contributed by atoms with Gasteiger partial charge >= 0.3 is 0 Å². The highest BCUT2D eigenvalue weighted by molar-refractivity contribution is 7.98. The molecule has 1 saturated carbocycles. The fourth-order valence-electron chi connectivity index (χ4n) is 6.27. The molecule has 38 heavy (non-hydrogen) atoms. The van der Waals surface area contributed by atoms with Crippen molar-refractivity contribution in [1.82, 2.24) is 9.58 Å². The van der Waals surface area contributed by atoms with Gasteiger partial charge in [-0.3, -0.25) is 19.3 Å². The van der Waals surface area contributed by atoms with Gasteiger partial charge in [0.2, 0.25) is 5.43 Å². The van der Waals surface area contributed by atoms with Crippen LogP contribution in [0.5, 0.6) is 5.75 Å². The molecule has 9 heteroatoms. The molecular weight excluding hydrogens is 505 g/mol. The zero-order valence-corrected chi connectivity index (χ0v) is 21.8. The smallest absolute Gasteiger partial charge is 0.278 e. The standard InChI is InChI=1S/C29H28FN3O4S/c1-17-21-15-38-24-5-3-2-4-20(24)25(19(21)6-7-22(17)30)33-16-31(18-9-13-37-29(14-18)10-11-29)28(36)26-27(35)23(34)8-12-32(26)33/h2-8,12,18,25,35H,9-11,13-16H2,1H3/t18-,25-/m0/s1. The second-order valence-corrected chi connectivity index (χ2v) is 11.7. The van der Waals surface area contributed by atoms with Crippen molar-refractivity contribution in [2.24, 2.45) is 0 Å². The van der Waals surface area contributed by atoms with E-state index in [4.69, 9.17) is 4.74 Å². The van der Waals surface area contributed by atoms with Crippen LogP contribution >= 0.6 is 11.8 Å². The van der Waals surface area contributed by atoms with Crippen molar-refractivity contribution in [1.29, 1.82) is 0 Å². The van der Waals surface area contributed by atoms with Crippen molar-refractivity contribution < 1.29 is 19.0 Å². The third-order valence-electron chi connectivity index (χ3n) is 8.55. The largest absolute Gasteiger partial charge is 0.502 e. The lowest BCUT2D eigenvalue weighted by Crippen LogP contribution is -2.59. The first-order valence-electron chi connectivity index (χ1n) is 13.0. The molecule has 1 aromatic heterocycles. The van der Waals surface area contributed by atoms with Crippen LogP contribution in [0.15, 0.2) is 58.4 Å². The lowest BCUT2D eigenvalue weighted by atomic mass is 9.91. The van der Waals surface area contributed by atoms with Crippen LogP contribution in [-0.4, -0.2) is 45.5 Å². The minimum atomic E-state index is -0.591. The molecule has 0 unspecified atom stereocenters. The molecule has 1 saturated heterocycles. The van der Waals surface area contributed by atoms with Crippen molar-refractivity contribution >= 4 is 17.7 Å². The van der Waals surface area contributed by atoms with E-state index < -0.39 is 11.2 Å². The summed E-state index contributed by atoms with van der Waals surface area (Å²) >= 11 is 1.67. The number of benzene rings is 2. The van der Waals surface area contributed by atoms with Crippen LogP contribution in [-0.2, 0) is 10.5 Å². The molecule has 1 aliphatic carbocycles. The molecule has 3 aromatic rings. The zero-order valence-electron chi connectivity index (χ0n) is 21.0. The van der Waals surface area contributed by atoms with E-state index >= 15 is 0 Å². The fraction of sp³-hybridized carbons (Fsp3) is 0.379. The number of aromatic nitrogens is 1. The first-order chi connectivity index (χ1) is 18.4. The summed E-state index contributed by atoms with van der Waals surface area (Å²) in [4.78, 5) is 29.3. The lowest BCUT2D eigenvalue weighted by Gasteiger charge is -2.48. The van der Waals surface area contributed by atoms with Gasteiger partial charge in [-0.2, -0.15) is 0 Å². The molecule has 1 amide bonds. The fourth-order valence-corrected chi connectivity index (χ4v) is 7.48. The van der Waals surface area contributed by atoms with Gasteiger partial charge in [0.25, 0.3) is 5.91 Å². The Labute approximate surface area is 223 Å². The van der Waals surface area contributed by atoms with E-state index in [0.717, 1.165) is 40.8 Å². The van der Waals surface area contributed by atoms with Gasteiger partial charge in [-0.05, 0) is 67.0 Å². The first kappa shape index (κ1) is 23.8. The predicted molar refractivity (Wildman–Crippen MR) is 142 cm³/mol. The number of nitrogens with zero attached hydrogens (tertiary/aromatic N) is 3. The maximum Gasteiger partial charge on any atom is 0.278 e. The number of aromatic hydroxyl groups is 1. The number of rotatable bonds is 2. The Bertz CT molecular complexity index is 1530. The van der Waals surface area contributed by atoms with E-state index in [-0.39, 0.29) is 41.8 Å². The van der Waals surface area contributed by atoms with E-state index in [0.29, 0.717) is 24.3 Å². The van der Waals surface area contributed by atoms with E-state index in [1.165, 1.54) is 12.1 Å². The SMILES string of the molecule is Cc1c(F)ccc2c1CSc1ccccc1[C@H]2N1CN([C@H]2CCOC3(CC3)C2)C(=O)c2c(O)c(=O)ccn21. The minimum absolute atomic E-state index is 0.0325. The summed E-state index contributed by atoms with van der Waals surface area (Å²) in [5.41, 5.74) is 2.74. The number of carbonyl (C=O) groups is 1. The first-order valence-corrected chi connectivity index (χ1v) is 14.0. The molecule has 0 bridgehead atoms. The number of hydrogen-bond acceptors (Lipinski definition) is 6. The molecule has 4 aliphatic rings. The molecule has 3 aliphatic heterocycles. The number of amides is 1. The normalized spacial score (nSPS) is 23.5. The third kappa shape index (κ3) is 3.59. The third-order valence-corrected chi connectivity index (χ3v) is 9.67. The highest BCUT2D eigenvalue weighted by Crippen LogP contribution is 2.48. The monoisotopic (exact) mass is 533 g/mol. The molecule has 2 atom stereocenters. The second kappa shape index (κ2) is 8.61. The maximum absolute atomic E-state index is 14.7. The van der Waals surface area contributed by atoms with Gasteiger partial charge in [0, 0.05) is 35.6 Å². The van der Waals surface area contributed by atoms with E-state index in [9.17, 15) is 19.1 Å². The van der Waals surface area contributed by atoms with Crippen molar-refractivity contribution in [2.75, 3.05) is 18.3 Å². The minimum Gasteiger partial charge on any atom is -0.502 e. The quantitative estimate of drug-likeness (QED) is 0.525. The summed E-state index contributed by atoms with van der Waals surface area (Å²) in [6.45, 7) is 2.64. The summed E-state index contributed by atoms with van der Waals surface area (Å²) in [7, 11) is 0. The van der Waals surface area contributed by atoms with Gasteiger partial charge in [-0.25, -0.2) is 4.39 Å². The molecular formula is C29H28FN3O4S. The van der Waals surface area contributed by atoms with Crippen LogP contribution in [0.1, 0.15) is 64.5 Å². The lowest BCUT2D eigenvalue weighted by molar-refractivity contribution is -0.0415. The average Bonchev–Trinajstić information content (AvgIpc) is 3.69. The topological polar surface area (TPSA) is 75.0 Å². The second-order valence-electron chi connectivity index (χ2n) is 10.7. The number of ether oxygens (including phenoxy) is 1. The summed E-state index contributed by atoms with van der Waals surface area (Å²) in [6, 6.07) is 12.3. The maximum atomic E-state index is 14.7. The van der Waals surface area contributed by atoms with Gasteiger partial charge in [0.05, 0.1) is 11.6 Å². The van der Waals surface area contributed by atoms with Gasteiger partial charge < -0.3 is 14.7 Å². The van der Waals surface area contributed by atoms with Gasteiger partial charge in [-0.15, -0.1) is 11.8 Å². The molecule has 0 radical (unpaired) electrons. The molecule has 1 N–H and O–H groups in total. The van der Waals surface area contributed by atoms with Crippen LogP contribution in [0, 0.1) is 12.7 Å². The van der Waals surface area contributed by atoms with Crippen LogP contribution in [0.4, 0.5) is 4.39 Å². The van der Waals surface area contributed by atoms with Crippen molar-refractivity contribution in [2.45, 2.75) is 60.9 Å². The number of fused-ring (bicyclic) bond motifs is 3. The highest BCUT2D eigenvalue weighted by Gasteiger charge is 2.51. The summed E-state index contributed by atoms with van der Waals surface area (Å²) in [5, 5.41) is 12.9. The molecule has 2 fully saturated rings. The van der Waals surface area contributed by atoms with Crippen molar-refractivity contribution in [3.05, 3.63) is 92.6 Å². The number of halogens is 1. The molecule has 196 valence electrons. The zero-order chi connectivity index (χ0) is 26.2. The average molecular weight is 534 g/mol. The molecule has 4 heterocycles. The summed E-state index contributed by atoms with van der Waals surface area (Å²) in [6.07, 6.45) is 4.97. The van der Waals surface area contributed by atoms with Crippen LogP contribution in [0.3, 0.4) is 0 Å². The Hall–Kier alpha value is -3.30. The summed E-state index contributed by atoms with van der Waals surface area (Å²) < 4.78 is 22.4. The molecule has 7 rings (SSSR count). The Morgan fingerprint density at radius 2 is 1.92 bits per heavy atom. The molecule has 7 nitrogen and oxygen atoms in total. The van der Waals surface area contributed by atoms with E-state index in [2.05, 4.69) is 12.1 Å². The Morgan fingerprint density at radius 1 is 1.11 bits per heavy atom. The van der Waals surface area contributed by atoms with Crippen molar-refractivity contribution in [3.63, 3.8) is 0 Å². The summed E-state index contributed by atoms with van der Waals surface area (Å²) in [5.74, 6) is -0.533. The van der Waals surface area contributed by atoms with Gasteiger partial charge in [-0.1, -0.05) is 24.3 Å². The highest BCUT2D eigenvalue weighted by atomic mass is 32.2. The van der Waals surface area contributed by atoms with Crippen molar-refractivity contribution in [3.8, 4) is 5.75 Å². The Balaban J connectivity index is 1.43. The van der Waals surface area contributed by atoms with Crippen LogP contribution in [0.25, 0.3) is 0 Å². The van der Waals surface area contributed by atoms with Crippen LogP contribution in [0.2, 0.25) is 0 Å². The van der Waals surface area contributed by atoms with Crippen LogP contribution < -0.4 is 10.4 Å². The molecule has 1 spiro atoms. The van der Waals surface area contributed by atoms with Gasteiger partial charge in [0.15, 0.2) is 11.4 Å². The number of pyridine rings is 1. The Kier molecular flexibility index (Phi) is 5.39. The van der Waals surface area contributed by atoms with Gasteiger partial charge in [0.1, 0.15) is 12.5 Å². The van der Waals surface area contributed by atoms with E-state index in [1.54, 1.807) is 27.5 Å². The number of thioether (sulfide) groups is 1. The number of hydrogen-bond donors (Lipinski definition) is 1.